The molecule has 8 nitrogen and oxygen atoms in total. The van der Waals surface area contributed by atoms with E-state index in [1.165, 1.54) is 0 Å². The Morgan fingerprint density at radius 3 is 2.39 bits per heavy atom. The summed E-state index contributed by atoms with van der Waals surface area (Å²) in [5.74, 6) is 0.899. The van der Waals surface area contributed by atoms with Crippen molar-refractivity contribution in [3.63, 3.8) is 0 Å². The number of rotatable bonds is 6. The lowest BCUT2D eigenvalue weighted by atomic mass is 10.1. The number of hydrogen-bond donors (Lipinski definition) is 3. The molecule has 2 aromatic heterocycles. The van der Waals surface area contributed by atoms with E-state index in [1.807, 2.05) is 44.2 Å². The zero-order valence-electron chi connectivity index (χ0n) is 16.1. The Labute approximate surface area is 162 Å². The number of urea groups is 1. The van der Waals surface area contributed by atoms with E-state index in [0.717, 1.165) is 16.9 Å². The van der Waals surface area contributed by atoms with Gasteiger partial charge in [-0.15, -0.1) is 0 Å². The number of amides is 3. The molecule has 146 valence electrons. The van der Waals surface area contributed by atoms with Crippen LogP contribution in [0.5, 0.6) is 5.75 Å². The molecule has 0 radical (unpaired) electrons. The SMILES string of the molecule is CCNC(=O)Nc1cn2c(C(=O)NCC)cc(-c3ccc(OC)cc3)cc2n1. The van der Waals surface area contributed by atoms with Gasteiger partial charge in [0.05, 0.1) is 13.3 Å². The van der Waals surface area contributed by atoms with Crippen molar-refractivity contribution < 1.29 is 14.3 Å². The van der Waals surface area contributed by atoms with Crippen LogP contribution in [-0.2, 0) is 0 Å². The number of imidazole rings is 1. The van der Waals surface area contributed by atoms with Gasteiger partial charge < -0.3 is 15.4 Å². The van der Waals surface area contributed by atoms with Crippen LogP contribution in [-0.4, -0.2) is 41.5 Å². The molecule has 3 N–H and O–H groups in total. The fraction of sp³-hybridized carbons (Fsp3) is 0.250. The van der Waals surface area contributed by atoms with Crippen LogP contribution in [0.2, 0.25) is 0 Å². The van der Waals surface area contributed by atoms with Gasteiger partial charge in [0.15, 0.2) is 5.82 Å². The molecule has 0 unspecified atom stereocenters. The third kappa shape index (κ3) is 4.06. The molecule has 1 aromatic carbocycles. The molecule has 0 spiro atoms. The van der Waals surface area contributed by atoms with Gasteiger partial charge >= 0.3 is 6.03 Å². The van der Waals surface area contributed by atoms with Crippen molar-refractivity contribution in [2.24, 2.45) is 0 Å². The van der Waals surface area contributed by atoms with Crippen LogP contribution < -0.4 is 20.7 Å². The number of ether oxygens (including phenoxy) is 1. The summed E-state index contributed by atoms with van der Waals surface area (Å²) in [7, 11) is 1.61. The number of hydrogen-bond acceptors (Lipinski definition) is 4. The Morgan fingerprint density at radius 1 is 1.04 bits per heavy atom. The molecule has 0 fully saturated rings. The fourth-order valence-electron chi connectivity index (χ4n) is 2.84. The predicted molar refractivity (Wildman–Crippen MR) is 108 cm³/mol. The van der Waals surface area contributed by atoms with Crippen molar-refractivity contribution in [1.82, 2.24) is 20.0 Å². The number of pyridine rings is 1. The van der Waals surface area contributed by atoms with Crippen molar-refractivity contribution in [1.29, 1.82) is 0 Å². The Hall–Kier alpha value is -3.55. The summed E-state index contributed by atoms with van der Waals surface area (Å²) in [5, 5.41) is 8.14. The number of carbonyl (C=O) groups excluding carboxylic acids is 2. The number of carbonyl (C=O) groups is 2. The quantitative estimate of drug-likeness (QED) is 0.612. The highest BCUT2D eigenvalue weighted by atomic mass is 16.5. The summed E-state index contributed by atoms with van der Waals surface area (Å²) in [6.07, 6.45) is 1.63. The first-order valence-electron chi connectivity index (χ1n) is 9.06. The topological polar surface area (TPSA) is 96.8 Å². The maximum absolute atomic E-state index is 12.6. The molecule has 3 amide bonds. The summed E-state index contributed by atoms with van der Waals surface area (Å²) >= 11 is 0. The van der Waals surface area contributed by atoms with Gasteiger partial charge in [-0.05, 0) is 49.2 Å². The van der Waals surface area contributed by atoms with Gasteiger partial charge in [-0.25, -0.2) is 9.78 Å². The van der Waals surface area contributed by atoms with E-state index in [9.17, 15) is 9.59 Å². The number of fused-ring (bicyclic) bond motifs is 1. The predicted octanol–water partition coefficient (Wildman–Crippen LogP) is 2.90. The molecule has 0 atom stereocenters. The minimum absolute atomic E-state index is 0.218. The average Bonchev–Trinajstić information content (AvgIpc) is 3.09. The second-order valence-corrected chi connectivity index (χ2v) is 6.06. The molecule has 3 aromatic rings. The van der Waals surface area contributed by atoms with E-state index in [0.29, 0.717) is 30.2 Å². The standard InChI is InChI=1S/C20H23N5O3/c1-4-21-19(26)16-10-14(13-6-8-15(28-3)9-7-13)11-18-23-17(12-25(16)18)24-20(27)22-5-2/h6-12H,4-5H2,1-3H3,(H,21,26)(H2,22,24,27). The molecule has 0 saturated heterocycles. The maximum atomic E-state index is 12.6. The summed E-state index contributed by atoms with van der Waals surface area (Å²) < 4.78 is 6.87. The van der Waals surface area contributed by atoms with Gasteiger partial charge in [0, 0.05) is 13.1 Å². The molecular formula is C20H23N5O3. The Kier molecular flexibility index (Phi) is 5.78. The molecule has 0 aliphatic heterocycles. The second kappa shape index (κ2) is 8.43. The van der Waals surface area contributed by atoms with Gasteiger partial charge in [-0.3, -0.25) is 14.5 Å². The first-order chi connectivity index (χ1) is 13.5. The number of benzene rings is 1. The lowest BCUT2D eigenvalue weighted by molar-refractivity contribution is 0.0949. The van der Waals surface area contributed by atoms with Gasteiger partial charge in [0.25, 0.3) is 5.91 Å². The van der Waals surface area contributed by atoms with Crippen LogP contribution in [0.3, 0.4) is 0 Å². The van der Waals surface area contributed by atoms with Gasteiger partial charge in [-0.2, -0.15) is 0 Å². The van der Waals surface area contributed by atoms with Crippen molar-refractivity contribution in [2.75, 3.05) is 25.5 Å². The minimum Gasteiger partial charge on any atom is -0.497 e. The molecule has 28 heavy (non-hydrogen) atoms. The number of aromatic nitrogens is 2. The monoisotopic (exact) mass is 381 g/mol. The zero-order valence-corrected chi connectivity index (χ0v) is 16.1. The van der Waals surface area contributed by atoms with Crippen molar-refractivity contribution in [3.05, 3.63) is 48.3 Å². The van der Waals surface area contributed by atoms with E-state index >= 15 is 0 Å². The van der Waals surface area contributed by atoms with Gasteiger partial charge in [0.2, 0.25) is 0 Å². The lowest BCUT2D eigenvalue weighted by Gasteiger charge is -2.09. The summed E-state index contributed by atoms with van der Waals surface area (Å²) in [6, 6.07) is 10.9. The van der Waals surface area contributed by atoms with Crippen LogP contribution in [0.1, 0.15) is 24.3 Å². The van der Waals surface area contributed by atoms with Gasteiger partial charge in [-0.1, -0.05) is 12.1 Å². The average molecular weight is 381 g/mol. The Balaban J connectivity index is 2.07. The van der Waals surface area contributed by atoms with Crippen LogP contribution >= 0.6 is 0 Å². The highest BCUT2D eigenvalue weighted by Gasteiger charge is 2.15. The second-order valence-electron chi connectivity index (χ2n) is 6.06. The largest absolute Gasteiger partial charge is 0.497 e. The molecule has 0 aliphatic carbocycles. The zero-order chi connectivity index (χ0) is 20.1. The van der Waals surface area contributed by atoms with E-state index in [1.54, 1.807) is 23.8 Å². The first-order valence-corrected chi connectivity index (χ1v) is 9.06. The van der Waals surface area contributed by atoms with E-state index in [4.69, 9.17) is 4.74 Å². The molecule has 8 heteroatoms. The van der Waals surface area contributed by atoms with Crippen LogP contribution in [0.4, 0.5) is 10.6 Å². The summed E-state index contributed by atoms with van der Waals surface area (Å²) in [6.45, 7) is 4.70. The number of anilines is 1. The highest BCUT2D eigenvalue weighted by Crippen LogP contribution is 2.26. The van der Waals surface area contributed by atoms with Crippen molar-refractivity contribution >= 4 is 23.4 Å². The van der Waals surface area contributed by atoms with Crippen molar-refractivity contribution in [2.45, 2.75) is 13.8 Å². The maximum Gasteiger partial charge on any atom is 0.320 e. The third-order valence-electron chi connectivity index (χ3n) is 4.14. The molecule has 0 saturated carbocycles. The van der Waals surface area contributed by atoms with Crippen molar-refractivity contribution in [3.8, 4) is 16.9 Å². The molecule has 3 rings (SSSR count). The molecule has 2 heterocycles. The lowest BCUT2D eigenvalue weighted by Crippen LogP contribution is -2.28. The minimum atomic E-state index is -0.346. The number of nitrogens with zero attached hydrogens (tertiary/aromatic N) is 2. The summed E-state index contributed by atoms with van der Waals surface area (Å²) in [5.41, 5.74) is 2.75. The molecular weight excluding hydrogens is 358 g/mol. The highest BCUT2D eigenvalue weighted by molar-refractivity contribution is 5.95. The number of nitrogens with one attached hydrogen (secondary N) is 3. The molecule has 0 bridgehead atoms. The Morgan fingerprint density at radius 2 is 1.75 bits per heavy atom. The van der Waals surface area contributed by atoms with Crippen LogP contribution in [0, 0.1) is 0 Å². The smallest absolute Gasteiger partial charge is 0.320 e. The van der Waals surface area contributed by atoms with Crippen LogP contribution in [0.25, 0.3) is 16.8 Å². The summed E-state index contributed by atoms with van der Waals surface area (Å²) in [4.78, 5) is 28.8. The molecule has 0 aliphatic rings. The van der Waals surface area contributed by atoms with Crippen LogP contribution in [0.15, 0.2) is 42.6 Å². The first kappa shape index (κ1) is 19.2. The van der Waals surface area contributed by atoms with Gasteiger partial charge in [0.1, 0.15) is 17.1 Å². The number of methoxy groups -OCH3 is 1. The fourth-order valence-corrected chi connectivity index (χ4v) is 2.84. The van der Waals surface area contributed by atoms with E-state index in [-0.39, 0.29) is 11.9 Å². The van der Waals surface area contributed by atoms with E-state index in [2.05, 4.69) is 20.9 Å². The third-order valence-corrected chi connectivity index (χ3v) is 4.14. The normalized spacial score (nSPS) is 10.5. The Bertz CT molecular complexity index is 995. The van der Waals surface area contributed by atoms with E-state index < -0.39 is 0 Å².